The highest BCUT2D eigenvalue weighted by Crippen LogP contribution is 2.35. The van der Waals surface area contributed by atoms with Gasteiger partial charge in [-0.1, -0.05) is 47.5 Å². The monoisotopic (exact) mass is 642 g/mol. The minimum Gasteiger partial charge on any atom is -0.490 e. The molecule has 0 fully saturated rings. The molecule has 0 radical (unpaired) electrons. The topological polar surface area (TPSA) is 140 Å². The van der Waals surface area contributed by atoms with E-state index in [9.17, 15) is 14.7 Å². The molecule has 2 amide bonds. The standard InChI is InChI=1S/C31H32Cl2N4O7/c1-4-42-26-13-20(29-28(30(39)41-3)18(2)35-31(40)36-29)9-11-25(26)44-17-27(38)37-34-15-19-6-5-7-23(12-19)43-16-21-8-10-22(32)14-24(21)33/h5-15,27,29,37-38H,4,16-17H2,1-3H3,(H2,35,36,40)/b34-15+/t27-,29-/m0/s1. The van der Waals surface area contributed by atoms with Gasteiger partial charge in [-0.05, 0) is 61.4 Å². The number of nitrogens with zero attached hydrogens (tertiary/aromatic N) is 1. The van der Waals surface area contributed by atoms with E-state index in [1.165, 1.54) is 13.3 Å². The fourth-order valence-electron chi connectivity index (χ4n) is 4.30. The molecule has 44 heavy (non-hydrogen) atoms. The van der Waals surface area contributed by atoms with Crippen LogP contribution in [0.3, 0.4) is 0 Å². The van der Waals surface area contributed by atoms with Crippen LogP contribution in [-0.2, 0) is 16.1 Å². The second kappa shape index (κ2) is 15.3. The van der Waals surface area contributed by atoms with Crippen molar-refractivity contribution in [2.75, 3.05) is 20.3 Å². The number of hydrogen-bond acceptors (Lipinski definition) is 9. The van der Waals surface area contributed by atoms with Crippen LogP contribution in [0.4, 0.5) is 4.79 Å². The van der Waals surface area contributed by atoms with E-state index in [0.717, 1.165) is 11.1 Å². The van der Waals surface area contributed by atoms with Gasteiger partial charge in [-0.2, -0.15) is 5.10 Å². The van der Waals surface area contributed by atoms with E-state index >= 15 is 0 Å². The third-order valence-electron chi connectivity index (χ3n) is 6.38. The first kappa shape index (κ1) is 32.5. The Bertz CT molecular complexity index is 1560. The van der Waals surface area contributed by atoms with Gasteiger partial charge < -0.3 is 34.7 Å². The molecule has 4 N–H and O–H groups in total. The predicted octanol–water partition coefficient (Wildman–Crippen LogP) is 5.09. The number of rotatable bonds is 13. The first-order valence-corrected chi connectivity index (χ1v) is 14.3. The average Bonchev–Trinajstić information content (AvgIpc) is 2.99. The van der Waals surface area contributed by atoms with Gasteiger partial charge in [-0.15, -0.1) is 0 Å². The zero-order valence-corrected chi connectivity index (χ0v) is 25.7. The maximum absolute atomic E-state index is 12.4. The molecular weight excluding hydrogens is 611 g/mol. The number of aliphatic hydroxyl groups excluding tert-OH is 1. The lowest BCUT2D eigenvalue weighted by atomic mass is 9.95. The van der Waals surface area contributed by atoms with Gasteiger partial charge in [0, 0.05) is 21.3 Å². The molecule has 1 aliphatic rings. The number of urea groups is 1. The third kappa shape index (κ3) is 8.56. The molecule has 0 bridgehead atoms. The molecule has 232 valence electrons. The summed E-state index contributed by atoms with van der Waals surface area (Å²) in [5, 5.41) is 20.9. The lowest BCUT2D eigenvalue weighted by Gasteiger charge is -2.28. The molecule has 0 spiro atoms. The normalized spacial score (nSPS) is 15.3. The van der Waals surface area contributed by atoms with Crippen molar-refractivity contribution in [1.29, 1.82) is 0 Å². The van der Waals surface area contributed by atoms with Gasteiger partial charge in [0.1, 0.15) is 19.0 Å². The molecule has 0 aliphatic carbocycles. The van der Waals surface area contributed by atoms with Gasteiger partial charge in [-0.25, -0.2) is 9.59 Å². The van der Waals surface area contributed by atoms with E-state index < -0.39 is 24.3 Å². The molecule has 0 unspecified atom stereocenters. The second-order valence-corrected chi connectivity index (χ2v) is 10.4. The number of allylic oxidation sites excluding steroid dienone is 1. The smallest absolute Gasteiger partial charge is 0.337 e. The number of halogens is 2. The maximum Gasteiger partial charge on any atom is 0.337 e. The highest BCUT2D eigenvalue weighted by molar-refractivity contribution is 6.35. The third-order valence-corrected chi connectivity index (χ3v) is 6.96. The van der Waals surface area contributed by atoms with E-state index in [-0.39, 0.29) is 18.8 Å². The van der Waals surface area contributed by atoms with Crippen molar-refractivity contribution in [3.8, 4) is 17.2 Å². The highest BCUT2D eigenvalue weighted by Gasteiger charge is 2.32. The van der Waals surface area contributed by atoms with Crippen LogP contribution in [0.5, 0.6) is 17.2 Å². The Morgan fingerprint density at radius 3 is 2.66 bits per heavy atom. The Labute approximate surface area is 264 Å². The van der Waals surface area contributed by atoms with E-state index in [4.69, 9.17) is 42.1 Å². The zero-order valence-electron chi connectivity index (χ0n) is 24.2. The molecule has 4 rings (SSSR count). The van der Waals surface area contributed by atoms with E-state index in [2.05, 4.69) is 21.2 Å². The minimum atomic E-state index is -1.15. The van der Waals surface area contributed by atoms with Gasteiger partial charge in [0.25, 0.3) is 0 Å². The van der Waals surface area contributed by atoms with Crippen molar-refractivity contribution in [2.45, 2.75) is 32.7 Å². The van der Waals surface area contributed by atoms with E-state index in [0.29, 0.717) is 45.2 Å². The number of amides is 2. The summed E-state index contributed by atoms with van der Waals surface area (Å²) < 4.78 is 22.3. The van der Waals surface area contributed by atoms with Crippen molar-refractivity contribution >= 4 is 41.4 Å². The SMILES string of the molecule is CCOc1cc([C@@H]2NC(=O)NC(C)=C2C(=O)OC)ccc1OC[C@H](O)N/N=C/c1cccc(OCc2ccc(Cl)cc2Cl)c1. The highest BCUT2D eigenvalue weighted by atomic mass is 35.5. The fourth-order valence-corrected chi connectivity index (χ4v) is 4.77. The van der Waals surface area contributed by atoms with Gasteiger partial charge >= 0.3 is 12.0 Å². The number of methoxy groups -OCH3 is 1. The number of carbonyl (C=O) groups is 2. The Morgan fingerprint density at radius 2 is 1.91 bits per heavy atom. The van der Waals surface area contributed by atoms with Gasteiger partial charge in [-0.3, -0.25) is 5.43 Å². The van der Waals surface area contributed by atoms with Crippen LogP contribution in [-0.4, -0.2) is 49.9 Å². The largest absolute Gasteiger partial charge is 0.490 e. The second-order valence-electron chi connectivity index (χ2n) is 9.51. The van der Waals surface area contributed by atoms with Crippen LogP contribution in [0, 0.1) is 0 Å². The Kier molecular flexibility index (Phi) is 11.3. The Morgan fingerprint density at radius 1 is 1.09 bits per heavy atom. The summed E-state index contributed by atoms with van der Waals surface area (Å²) in [6.07, 6.45) is 0.389. The molecule has 0 aromatic heterocycles. The predicted molar refractivity (Wildman–Crippen MR) is 166 cm³/mol. The summed E-state index contributed by atoms with van der Waals surface area (Å²) in [6.45, 7) is 3.88. The first-order valence-electron chi connectivity index (χ1n) is 13.6. The van der Waals surface area contributed by atoms with Crippen molar-refractivity contribution in [2.24, 2.45) is 5.10 Å². The number of benzene rings is 3. The molecule has 0 saturated heterocycles. The summed E-state index contributed by atoms with van der Waals surface area (Å²) in [5.41, 5.74) is 5.40. The van der Waals surface area contributed by atoms with Gasteiger partial charge in [0.15, 0.2) is 17.7 Å². The minimum absolute atomic E-state index is 0.154. The van der Waals surface area contributed by atoms with Crippen molar-refractivity contribution in [3.05, 3.63) is 98.7 Å². The van der Waals surface area contributed by atoms with Gasteiger partial charge in [0.2, 0.25) is 0 Å². The molecule has 0 saturated carbocycles. The summed E-state index contributed by atoms with van der Waals surface area (Å²) in [6, 6.07) is 16.3. The maximum atomic E-state index is 12.4. The average molecular weight is 644 g/mol. The van der Waals surface area contributed by atoms with Crippen molar-refractivity contribution in [3.63, 3.8) is 0 Å². The number of carbonyl (C=O) groups excluding carboxylic acids is 2. The van der Waals surface area contributed by atoms with Crippen LogP contribution in [0.25, 0.3) is 0 Å². The van der Waals surface area contributed by atoms with Gasteiger partial charge in [0.05, 0.1) is 31.5 Å². The number of hydrazone groups is 1. The number of esters is 1. The summed E-state index contributed by atoms with van der Waals surface area (Å²) in [7, 11) is 1.27. The van der Waals surface area contributed by atoms with Crippen molar-refractivity contribution in [1.82, 2.24) is 16.1 Å². The first-order chi connectivity index (χ1) is 21.2. The van der Waals surface area contributed by atoms with Crippen LogP contribution in [0.1, 0.15) is 36.6 Å². The van der Waals surface area contributed by atoms with Crippen LogP contribution in [0.2, 0.25) is 10.0 Å². The molecule has 1 heterocycles. The summed E-state index contributed by atoms with van der Waals surface area (Å²) >= 11 is 12.2. The molecule has 1 aliphatic heterocycles. The van der Waals surface area contributed by atoms with Crippen LogP contribution < -0.4 is 30.3 Å². The molecule has 3 aromatic rings. The quantitative estimate of drug-likeness (QED) is 0.0875. The number of hydrogen-bond donors (Lipinski definition) is 4. The van der Waals surface area contributed by atoms with Crippen LogP contribution in [0.15, 0.2) is 77.0 Å². The molecule has 13 heteroatoms. The molecule has 2 atom stereocenters. The van der Waals surface area contributed by atoms with Crippen molar-refractivity contribution < 1.29 is 33.6 Å². The Balaban J connectivity index is 1.35. The summed E-state index contributed by atoms with van der Waals surface area (Å²) in [4.78, 5) is 24.6. The van der Waals surface area contributed by atoms with E-state index in [1.807, 2.05) is 31.2 Å². The number of nitrogens with one attached hydrogen (secondary N) is 3. The number of aliphatic hydroxyl groups is 1. The van der Waals surface area contributed by atoms with Crippen LogP contribution >= 0.6 is 23.2 Å². The Hall–Kier alpha value is -4.45. The number of ether oxygens (including phenoxy) is 4. The summed E-state index contributed by atoms with van der Waals surface area (Å²) in [5.74, 6) is 0.762. The zero-order chi connectivity index (χ0) is 31.6. The fraction of sp³-hybridized carbons (Fsp3) is 0.258. The molecular formula is C31H32Cl2N4O7. The lowest BCUT2D eigenvalue weighted by Crippen LogP contribution is -2.45. The molecule has 11 nitrogen and oxygen atoms in total. The lowest BCUT2D eigenvalue weighted by molar-refractivity contribution is -0.136. The molecule has 3 aromatic carbocycles. The van der Waals surface area contributed by atoms with E-state index in [1.54, 1.807) is 43.3 Å².